The van der Waals surface area contributed by atoms with Crippen LogP contribution in [0.15, 0.2) is 47.6 Å². The fourth-order valence-corrected chi connectivity index (χ4v) is 2.20. The van der Waals surface area contributed by atoms with Crippen LogP contribution in [0, 0.1) is 0 Å². The molecule has 5 nitrogen and oxygen atoms in total. The Kier molecular flexibility index (Phi) is 6.61. The van der Waals surface area contributed by atoms with Gasteiger partial charge in [0.25, 0.3) is 0 Å². The Hall–Kier alpha value is -2.08. The summed E-state index contributed by atoms with van der Waals surface area (Å²) in [7, 11) is 0. The quantitative estimate of drug-likeness (QED) is 0.462. The van der Waals surface area contributed by atoms with Gasteiger partial charge in [-0.3, -0.25) is 9.59 Å². The number of amides is 2. The van der Waals surface area contributed by atoms with E-state index in [1.165, 1.54) is 6.21 Å². The normalized spacial score (nSPS) is 10.6. The van der Waals surface area contributed by atoms with E-state index in [0.717, 1.165) is 0 Å². The molecule has 2 rings (SSSR count). The lowest BCUT2D eigenvalue weighted by Crippen LogP contribution is -2.24. The molecule has 2 amide bonds. The van der Waals surface area contributed by atoms with Gasteiger partial charge in [0.05, 0.1) is 16.3 Å². The molecule has 0 unspecified atom stereocenters. The number of rotatable bonds is 5. The lowest BCUT2D eigenvalue weighted by Gasteiger charge is -2.04. The van der Waals surface area contributed by atoms with Crippen LogP contribution in [-0.4, -0.2) is 18.0 Å². The van der Waals surface area contributed by atoms with Crippen LogP contribution in [0.4, 0.5) is 5.69 Å². The Balaban J connectivity index is 1.84. The van der Waals surface area contributed by atoms with E-state index >= 15 is 0 Å². The van der Waals surface area contributed by atoms with Crippen LogP contribution in [-0.2, 0) is 9.59 Å². The van der Waals surface area contributed by atoms with Gasteiger partial charge in [-0.15, -0.1) is 0 Å². The van der Waals surface area contributed by atoms with E-state index in [1.54, 1.807) is 42.5 Å². The highest BCUT2D eigenvalue weighted by Gasteiger charge is 2.09. The van der Waals surface area contributed by atoms with Gasteiger partial charge in [-0.05, 0) is 30.3 Å². The topological polar surface area (TPSA) is 70.6 Å². The highest BCUT2D eigenvalue weighted by Crippen LogP contribution is 2.24. The van der Waals surface area contributed by atoms with Crippen LogP contribution in [0.25, 0.3) is 0 Å². The molecule has 0 spiro atoms. The lowest BCUT2D eigenvalue weighted by molar-refractivity contribution is -0.126. The second-order valence-electron chi connectivity index (χ2n) is 4.67. The summed E-state index contributed by atoms with van der Waals surface area (Å²) in [5, 5.41) is 7.60. The van der Waals surface area contributed by atoms with Crippen LogP contribution in [0.1, 0.15) is 12.0 Å². The van der Waals surface area contributed by atoms with Gasteiger partial charge in [-0.1, -0.05) is 46.9 Å². The van der Waals surface area contributed by atoms with E-state index in [1.807, 2.05) is 0 Å². The third kappa shape index (κ3) is 5.53. The molecule has 24 heavy (non-hydrogen) atoms. The monoisotopic (exact) mass is 383 g/mol. The predicted molar refractivity (Wildman–Crippen MR) is 96.9 cm³/mol. The van der Waals surface area contributed by atoms with Crippen molar-refractivity contribution in [3.63, 3.8) is 0 Å². The van der Waals surface area contributed by atoms with Gasteiger partial charge in [0.2, 0.25) is 11.8 Å². The van der Waals surface area contributed by atoms with E-state index in [0.29, 0.717) is 26.3 Å². The van der Waals surface area contributed by atoms with Crippen LogP contribution in [0.3, 0.4) is 0 Å². The molecule has 0 saturated carbocycles. The summed E-state index contributed by atoms with van der Waals surface area (Å²) >= 11 is 17.6. The van der Waals surface area contributed by atoms with E-state index < -0.39 is 11.8 Å². The zero-order valence-electron chi connectivity index (χ0n) is 12.2. The number of carbonyl (C=O) groups excluding carboxylic acids is 2. The summed E-state index contributed by atoms with van der Waals surface area (Å²) in [5.74, 6) is -1.03. The zero-order chi connectivity index (χ0) is 17.5. The second-order valence-corrected chi connectivity index (χ2v) is 5.89. The Bertz CT molecular complexity index is 777. The van der Waals surface area contributed by atoms with Crippen molar-refractivity contribution < 1.29 is 9.59 Å². The molecule has 0 atom stereocenters. The molecule has 8 heteroatoms. The van der Waals surface area contributed by atoms with Crippen molar-refractivity contribution in [3.8, 4) is 0 Å². The van der Waals surface area contributed by atoms with Crippen molar-refractivity contribution in [2.24, 2.45) is 5.10 Å². The molecule has 0 saturated heterocycles. The van der Waals surface area contributed by atoms with Gasteiger partial charge in [0, 0.05) is 16.3 Å². The SMILES string of the molecule is O=C(CC(=O)Nc1ccc(Cl)cc1)NN=Cc1cccc(Cl)c1Cl. The van der Waals surface area contributed by atoms with E-state index in [2.05, 4.69) is 15.8 Å². The average Bonchev–Trinajstić information content (AvgIpc) is 2.53. The number of hydrazone groups is 1. The van der Waals surface area contributed by atoms with Crippen molar-refractivity contribution >= 4 is 58.5 Å². The van der Waals surface area contributed by atoms with Crippen molar-refractivity contribution in [2.45, 2.75) is 6.42 Å². The molecule has 0 radical (unpaired) electrons. The highest BCUT2D eigenvalue weighted by molar-refractivity contribution is 6.43. The molecule has 0 aliphatic heterocycles. The Labute approximate surface area is 153 Å². The number of anilines is 1. The van der Waals surface area contributed by atoms with Crippen molar-refractivity contribution in [1.82, 2.24) is 5.43 Å². The number of halogens is 3. The Morgan fingerprint density at radius 3 is 2.42 bits per heavy atom. The van der Waals surface area contributed by atoms with E-state index in [9.17, 15) is 9.59 Å². The summed E-state index contributed by atoms with van der Waals surface area (Å²) in [4.78, 5) is 23.4. The summed E-state index contributed by atoms with van der Waals surface area (Å²) < 4.78 is 0. The van der Waals surface area contributed by atoms with Crippen LogP contribution in [0.5, 0.6) is 0 Å². The third-order valence-electron chi connectivity index (χ3n) is 2.82. The van der Waals surface area contributed by atoms with Crippen LogP contribution >= 0.6 is 34.8 Å². The smallest absolute Gasteiger partial charge is 0.249 e. The van der Waals surface area contributed by atoms with Gasteiger partial charge in [0.1, 0.15) is 6.42 Å². The van der Waals surface area contributed by atoms with Gasteiger partial charge >= 0.3 is 0 Å². The number of hydrogen-bond donors (Lipinski definition) is 2. The lowest BCUT2D eigenvalue weighted by atomic mass is 10.2. The summed E-state index contributed by atoms with van der Waals surface area (Å²) in [6.45, 7) is 0. The van der Waals surface area contributed by atoms with Crippen LogP contribution < -0.4 is 10.7 Å². The first-order chi connectivity index (χ1) is 11.5. The Morgan fingerprint density at radius 1 is 1.00 bits per heavy atom. The first kappa shape index (κ1) is 18.3. The summed E-state index contributed by atoms with van der Waals surface area (Å²) in [6.07, 6.45) is 0.979. The number of carbonyl (C=O) groups is 2. The standard InChI is InChI=1S/C16H12Cl3N3O2/c17-11-4-6-12(7-5-11)21-14(23)8-15(24)22-20-9-10-2-1-3-13(18)16(10)19/h1-7,9H,8H2,(H,21,23)(H,22,24). The van der Waals surface area contributed by atoms with Crippen molar-refractivity contribution in [2.75, 3.05) is 5.32 Å². The molecular formula is C16H12Cl3N3O2. The number of nitrogens with zero attached hydrogens (tertiary/aromatic N) is 1. The molecule has 0 bridgehead atoms. The van der Waals surface area contributed by atoms with Crippen molar-refractivity contribution in [1.29, 1.82) is 0 Å². The molecule has 0 aliphatic rings. The van der Waals surface area contributed by atoms with Gasteiger partial charge < -0.3 is 5.32 Å². The minimum Gasteiger partial charge on any atom is -0.326 e. The maximum atomic E-state index is 11.7. The first-order valence-corrected chi connectivity index (χ1v) is 7.90. The molecule has 2 aromatic rings. The number of benzene rings is 2. The molecule has 0 heterocycles. The Morgan fingerprint density at radius 2 is 1.71 bits per heavy atom. The molecule has 0 fully saturated rings. The molecule has 2 N–H and O–H groups in total. The molecule has 0 aromatic heterocycles. The maximum absolute atomic E-state index is 11.7. The largest absolute Gasteiger partial charge is 0.326 e. The summed E-state index contributed by atoms with van der Waals surface area (Å²) in [6, 6.07) is 11.6. The molecule has 2 aromatic carbocycles. The minimum atomic E-state index is -0.559. The minimum absolute atomic E-state index is 0.331. The molecule has 0 aliphatic carbocycles. The number of nitrogens with one attached hydrogen (secondary N) is 2. The highest BCUT2D eigenvalue weighted by atomic mass is 35.5. The fraction of sp³-hybridized carbons (Fsp3) is 0.0625. The van der Waals surface area contributed by atoms with Gasteiger partial charge in [-0.25, -0.2) is 5.43 Å². The van der Waals surface area contributed by atoms with E-state index in [4.69, 9.17) is 34.8 Å². The zero-order valence-corrected chi connectivity index (χ0v) is 14.5. The maximum Gasteiger partial charge on any atom is 0.249 e. The van der Waals surface area contributed by atoms with Crippen LogP contribution in [0.2, 0.25) is 15.1 Å². The summed E-state index contributed by atoms with van der Waals surface area (Å²) in [5.41, 5.74) is 3.35. The molecule has 124 valence electrons. The van der Waals surface area contributed by atoms with Gasteiger partial charge in [-0.2, -0.15) is 5.10 Å². The van der Waals surface area contributed by atoms with Crippen molar-refractivity contribution in [3.05, 3.63) is 63.1 Å². The third-order valence-corrected chi connectivity index (χ3v) is 3.91. The second kappa shape index (κ2) is 8.68. The predicted octanol–water partition coefficient (Wildman–Crippen LogP) is 4.13. The fourth-order valence-electron chi connectivity index (χ4n) is 1.72. The number of hydrogen-bond acceptors (Lipinski definition) is 3. The van der Waals surface area contributed by atoms with Gasteiger partial charge in [0.15, 0.2) is 0 Å². The average molecular weight is 385 g/mol. The first-order valence-electron chi connectivity index (χ1n) is 6.77. The van der Waals surface area contributed by atoms with E-state index in [-0.39, 0.29) is 6.42 Å². The molecular weight excluding hydrogens is 373 g/mol.